The van der Waals surface area contributed by atoms with Gasteiger partial charge in [0, 0.05) is 19.8 Å². The molecule has 0 saturated carbocycles. The monoisotopic (exact) mass is 173 g/mol. The van der Waals surface area contributed by atoms with Crippen molar-refractivity contribution >= 4 is 0 Å². The van der Waals surface area contributed by atoms with Crippen molar-refractivity contribution in [3.05, 3.63) is 6.61 Å². The van der Waals surface area contributed by atoms with Gasteiger partial charge in [-0.1, -0.05) is 20.8 Å². The summed E-state index contributed by atoms with van der Waals surface area (Å²) in [6, 6.07) is 0. The first kappa shape index (κ1) is 11.9. The largest absolute Gasteiger partial charge is 0.381 e. The van der Waals surface area contributed by atoms with Gasteiger partial charge in [-0.3, -0.25) is 0 Å². The van der Waals surface area contributed by atoms with Gasteiger partial charge in [0.2, 0.25) is 0 Å². The third-order valence-electron chi connectivity index (χ3n) is 1.29. The molecule has 0 N–H and O–H groups in total. The zero-order chi connectivity index (χ0) is 9.23. The Morgan fingerprint density at radius 3 is 2.58 bits per heavy atom. The van der Waals surface area contributed by atoms with E-state index in [1.54, 1.807) is 0 Å². The summed E-state index contributed by atoms with van der Waals surface area (Å²) in [5, 5.41) is 0. The lowest BCUT2D eigenvalue weighted by Crippen LogP contribution is -2.05. The Morgan fingerprint density at radius 2 is 2.00 bits per heavy atom. The zero-order valence-corrected chi connectivity index (χ0v) is 8.51. The van der Waals surface area contributed by atoms with Gasteiger partial charge < -0.3 is 9.47 Å². The molecule has 0 saturated heterocycles. The Labute approximate surface area is 76.3 Å². The average Bonchev–Trinajstić information content (AvgIpc) is 2.02. The predicted octanol–water partition coefficient (Wildman–Crippen LogP) is 2.64. The first-order chi connectivity index (χ1) is 5.77. The van der Waals surface area contributed by atoms with E-state index in [9.17, 15) is 0 Å². The molecule has 0 aliphatic carbocycles. The van der Waals surface area contributed by atoms with E-state index in [4.69, 9.17) is 9.47 Å². The average molecular weight is 173 g/mol. The van der Waals surface area contributed by atoms with Crippen molar-refractivity contribution in [2.45, 2.75) is 33.6 Å². The van der Waals surface area contributed by atoms with Gasteiger partial charge in [0.25, 0.3) is 0 Å². The first-order valence-corrected chi connectivity index (χ1v) is 4.78. The fourth-order valence-electron chi connectivity index (χ4n) is 0.765. The summed E-state index contributed by atoms with van der Waals surface area (Å²) in [5.41, 5.74) is 0. The Hall–Kier alpha value is -0.0800. The van der Waals surface area contributed by atoms with Crippen molar-refractivity contribution < 1.29 is 9.47 Å². The van der Waals surface area contributed by atoms with E-state index in [1.807, 2.05) is 6.61 Å². The van der Waals surface area contributed by atoms with E-state index in [-0.39, 0.29) is 0 Å². The Kier molecular flexibility index (Phi) is 8.95. The Bertz CT molecular complexity index is 81.9. The second kappa shape index (κ2) is 9.01. The van der Waals surface area contributed by atoms with Crippen LogP contribution >= 0.6 is 0 Å². The van der Waals surface area contributed by atoms with Crippen molar-refractivity contribution in [1.29, 1.82) is 0 Å². The van der Waals surface area contributed by atoms with Crippen molar-refractivity contribution in [1.82, 2.24) is 0 Å². The van der Waals surface area contributed by atoms with Crippen LogP contribution in [0.2, 0.25) is 0 Å². The molecule has 0 atom stereocenters. The molecular formula is C10H21O2. The highest BCUT2D eigenvalue weighted by Crippen LogP contribution is 1.94. The normalized spacial score (nSPS) is 11.0. The lowest BCUT2D eigenvalue weighted by molar-refractivity contribution is 0.0860. The fraction of sp³-hybridized carbons (Fsp3) is 0.900. The van der Waals surface area contributed by atoms with Gasteiger partial charge in [-0.05, 0) is 18.8 Å². The summed E-state index contributed by atoms with van der Waals surface area (Å²) in [5.74, 6) is 0.633. The molecular weight excluding hydrogens is 152 g/mol. The molecule has 2 heteroatoms. The quantitative estimate of drug-likeness (QED) is 0.525. The highest BCUT2D eigenvalue weighted by molar-refractivity contribution is 4.45. The predicted molar refractivity (Wildman–Crippen MR) is 50.8 cm³/mol. The second-order valence-corrected chi connectivity index (χ2v) is 3.27. The Morgan fingerprint density at radius 1 is 1.25 bits per heavy atom. The van der Waals surface area contributed by atoms with Gasteiger partial charge in [0.05, 0.1) is 6.61 Å². The third-order valence-corrected chi connectivity index (χ3v) is 1.29. The van der Waals surface area contributed by atoms with Crippen LogP contribution in [0.15, 0.2) is 0 Å². The lowest BCUT2D eigenvalue weighted by Gasteiger charge is -2.06. The lowest BCUT2D eigenvalue weighted by atomic mass is 10.2. The summed E-state index contributed by atoms with van der Waals surface area (Å²) in [4.78, 5) is 0. The van der Waals surface area contributed by atoms with Crippen molar-refractivity contribution in [3.8, 4) is 0 Å². The molecule has 73 valence electrons. The highest BCUT2D eigenvalue weighted by Gasteiger charge is 1.93. The van der Waals surface area contributed by atoms with Gasteiger partial charge in [-0.2, -0.15) is 0 Å². The Balaban J connectivity index is 2.82. The number of hydrogen-bond donors (Lipinski definition) is 0. The maximum absolute atomic E-state index is 5.38. The van der Waals surface area contributed by atoms with E-state index < -0.39 is 0 Å². The van der Waals surface area contributed by atoms with Crippen LogP contribution in [-0.4, -0.2) is 19.8 Å². The molecule has 1 radical (unpaired) electrons. The van der Waals surface area contributed by atoms with E-state index in [0.29, 0.717) is 5.92 Å². The summed E-state index contributed by atoms with van der Waals surface area (Å²) in [7, 11) is 0. The topological polar surface area (TPSA) is 18.5 Å². The molecule has 0 bridgehead atoms. The van der Waals surface area contributed by atoms with Crippen molar-refractivity contribution in [2.75, 3.05) is 19.8 Å². The summed E-state index contributed by atoms with van der Waals surface area (Å²) >= 11 is 0. The van der Waals surface area contributed by atoms with Gasteiger partial charge >= 0.3 is 0 Å². The minimum atomic E-state index is 0.633. The minimum absolute atomic E-state index is 0.633. The molecule has 0 aromatic rings. The van der Waals surface area contributed by atoms with Crippen LogP contribution in [0.5, 0.6) is 0 Å². The third kappa shape index (κ3) is 9.92. The first-order valence-electron chi connectivity index (χ1n) is 4.78. The molecule has 0 heterocycles. The van der Waals surface area contributed by atoms with Crippen molar-refractivity contribution in [2.24, 2.45) is 5.92 Å². The number of rotatable bonds is 8. The maximum Gasteiger partial charge on any atom is 0.0833 e. The molecule has 0 aromatic heterocycles. The SMILES string of the molecule is CC[CH]OCCCOCC(C)C. The molecule has 0 amide bonds. The molecule has 0 unspecified atom stereocenters. The van der Waals surface area contributed by atoms with Crippen LogP contribution in [0.1, 0.15) is 33.6 Å². The van der Waals surface area contributed by atoms with E-state index in [1.165, 1.54) is 0 Å². The van der Waals surface area contributed by atoms with Crippen LogP contribution in [0.4, 0.5) is 0 Å². The summed E-state index contributed by atoms with van der Waals surface area (Å²) < 4.78 is 10.6. The summed E-state index contributed by atoms with van der Waals surface area (Å²) in [6.07, 6.45) is 1.97. The van der Waals surface area contributed by atoms with E-state index >= 15 is 0 Å². The molecule has 12 heavy (non-hydrogen) atoms. The van der Waals surface area contributed by atoms with E-state index in [2.05, 4.69) is 20.8 Å². The minimum Gasteiger partial charge on any atom is -0.381 e. The molecule has 0 aliphatic rings. The second-order valence-electron chi connectivity index (χ2n) is 3.27. The molecule has 0 spiro atoms. The van der Waals surface area contributed by atoms with E-state index in [0.717, 1.165) is 32.7 Å². The number of ether oxygens (including phenoxy) is 2. The highest BCUT2D eigenvalue weighted by atomic mass is 16.5. The zero-order valence-electron chi connectivity index (χ0n) is 8.51. The standard InChI is InChI=1S/C10H21O2/c1-4-6-11-7-5-8-12-9-10(2)3/h6,10H,4-5,7-9H2,1-3H3. The van der Waals surface area contributed by atoms with Crippen LogP contribution in [0, 0.1) is 12.5 Å². The fourth-order valence-corrected chi connectivity index (χ4v) is 0.765. The molecule has 0 aromatic carbocycles. The molecule has 2 nitrogen and oxygen atoms in total. The van der Waals surface area contributed by atoms with Gasteiger partial charge in [0.15, 0.2) is 0 Å². The molecule has 0 aliphatic heterocycles. The van der Waals surface area contributed by atoms with Crippen molar-refractivity contribution in [3.63, 3.8) is 0 Å². The van der Waals surface area contributed by atoms with Crippen LogP contribution in [-0.2, 0) is 9.47 Å². The van der Waals surface area contributed by atoms with Gasteiger partial charge in [-0.15, -0.1) is 0 Å². The smallest absolute Gasteiger partial charge is 0.0833 e. The van der Waals surface area contributed by atoms with Crippen LogP contribution in [0.25, 0.3) is 0 Å². The van der Waals surface area contributed by atoms with Crippen LogP contribution < -0.4 is 0 Å². The molecule has 0 rings (SSSR count). The number of hydrogen-bond acceptors (Lipinski definition) is 2. The summed E-state index contributed by atoms with van der Waals surface area (Å²) in [6.45, 7) is 10.7. The van der Waals surface area contributed by atoms with Crippen LogP contribution in [0.3, 0.4) is 0 Å². The maximum atomic E-state index is 5.38. The van der Waals surface area contributed by atoms with Gasteiger partial charge in [0.1, 0.15) is 0 Å². The molecule has 0 fully saturated rings. The van der Waals surface area contributed by atoms with Gasteiger partial charge in [-0.25, -0.2) is 0 Å².